The van der Waals surface area contributed by atoms with Crippen molar-refractivity contribution in [3.05, 3.63) is 28.8 Å². The van der Waals surface area contributed by atoms with Gasteiger partial charge < -0.3 is 15.9 Å². The van der Waals surface area contributed by atoms with Crippen LogP contribution in [0.2, 0.25) is 5.02 Å². The normalized spacial score (nSPS) is 24.3. The minimum absolute atomic E-state index is 0.0422. The van der Waals surface area contributed by atoms with Gasteiger partial charge in [0.25, 0.3) is 0 Å². The summed E-state index contributed by atoms with van der Waals surface area (Å²) < 4.78 is 0. The summed E-state index contributed by atoms with van der Waals surface area (Å²) in [5.41, 5.74) is 5.56. The van der Waals surface area contributed by atoms with Gasteiger partial charge in [0.15, 0.2) is 0 Å². The van der Waals surface area contributed by atoms with Crippen molar-refractivity contribution < 1.29 is 15.0 Å². The molecule has 18 heavy (non-hydrogen) atoms. The molecule has 98 valence electrons. The van der Waals surface area contributed by atoms with Crippen LogP contribution in [0.5, 0.6) is 5.75 Å². The summed E-state index contributed by atoms with van der Waals surface area (Å²) >= 11 is 5.82. The second kappa shape index (κ2) is 4.76. The van der Waals surface area contributed by atoms with Gasteiger partial charge in [0.2, 0.25) is 0 Å². The molecule has 1 atom stereocenters. The van der Waals surface area contributed by atoms with E-state index in [-0.39, 0.29) is 5.75 Å². The molecule has 1 unspecified atom stereocenters. The van der Waals surface area contributed by atoms with E-state index in [2.05, 4.69) is 0 Å². The average molecular weight is 271 g/mol. The van der Waals surface area contributed by atoms with E-state index in [1.54, 1.807) is 12.1 Å². The summed E-state index contributed by atoms with van der Waals surface area (Å²) in [5.74, 6) is -0.922. The van der Waals surface area contributed by atoms with Crippen LogP contribution >= 0.6 is 11.6 Å². The fourth-order valence-corrected chi connectivity index (χ4v) is 2.33. The van der Waals surface area contributed by atoms with Crippen molar-refractivity contribution in [1.82, 2.24) is 4.90 Å². The molecule has 1 aromatic carbocycles. The highest BCUT2D eigenvalue weighted by atomic mass is 35.5. The van der Waals surface area contributed by atoms with E-state index in [1.807, 2.05) is 4.90 Å². The molecule has 5 nitrogen and oxygen atoms in total. The van der Waals surface area contributed by atoms with E-state index in [4.69, 9.17) is 22.4 Å². The van der Waals surface area contributed by atoms with E-state index >= 15 is 0 Å². The highest BCUT2D eigenvalue weighted by Crippen LogP contribution is 2.26. The van der Waals surface area contributed by atoms with Gasteiger partial charge in [-0.25, -0.2) is 0 Å². The lowest BCUT2D eigenvalue weighted by molar-refractivity contribution is -0.142. The molecule has 0 aliphatic carbocycles. The van der Waals surface area contributed by atoms with Crippen LogP contribution in [0.1, 0.15) is 12.0 Å². The van der Waals surface area contributed by atoms with Gasteiger partial charge in [-0.1, -0.05) is 17.7 Å². The Bertz CT molecular complexity index is 480. The highest BCUT2D eigenvalue weighted by Gasteiger charge is 2.40. The monoisotopic (exact) mass is 270 g/mol. The summed E-state index contributed by atoms with van der Waals surface area (Å²) in [4.78, 5) is 13.0. The number of aromatic hydroxyl groups is 1. The first kappa shape index (κ1) is 13.1. The molecule has 0 radical (unpaired) electrons. The molecule has 1 aliphatic rings. The van der Waals surface area contributed by atoms with Crippen molar-refractivity contribution in [2.24, 2.45) is 5.73 Å². The third-order valence-electron chi connectivity index (χ3n) is 3.22. The molecule has 0 amide bonds. The first-order valence-corrected chi connectivity index (χ1v) is 6.00. The van der Waals surface area contributed by atoms with Gasteiger partial charge in [-0.05, 0) is 24.1 Å². The molecule has 0 spiro atoms. The Labute approximate surface area is 110 Å². The largest absolute Gasteiger partial charge is 0.506 e. The van der Waals surface area contributed by atoms with Gasteiger partial charge in [0, 0.05) is 19.6 Å². The number of likely N-dealkylation sites (tertiary alicyclic amines) is 1. The molecule has 0 saturated carbocycles. The molecule has 1 aliphatic heterocycles. The zero-order valence-electron chi connectivity index (χ0n) is 9.77. The standard InChI is InChI=1S/C12H15ClN2O3/c13-9-5-8(1-2-10(9)16)6-15-4-3-12(14,7-15)11(17)18/h1-2,5,16H,3-4,6-7,14H2,(H,17,18). The molecule has 4 N–H and O–H groups in total. The van der Waals surface area contributed by atoms with Crippen LogP contribution in [0, 0.1) is 0 Å². The second-order valence-corrected chi connectivity index (χ2v) is 5.11. The van der Waals surface area contributed by atoms with Crippen molar-refractivity contribution >= 4 is 17.6 Å². The Morgan fingerprint density at radius 2 is 2.28 bits per heavy atom. The predicted molar refractivity (Wildman–Crippen MR) is 67.6 cm³/mol. The van der Waals surface area contributed by atoms with Gasteiger partial charge >= 0.3 is 5.97 Å². The predicted octanol–water partition coefficient (Wildman–Crippen LogP) is 1.03. The molecule has 6 heteroatoms. The Hall–Kier alpha value is -1.30. The minimum Gasteiger partial charge on any atom is -0.506 e. The molecule has 1 heterocycles. The number of benzene rings is 1. The number of carbonyl (C=O) groups is 1. The number of hydrogen-bond donors (Lipinski definition) is 3. The van der Waals surface area contributed by atoms with Crippen LogP contribution < -0.4 is 5.73 Å². The lowest BCUT2D eigenvalue weighted by atomic mass is 10.0. The molecule has 1 fully saturated rings. The van der Waals surface area contributed by atoms with E-state index < -0.39 is 11.5 Å². The van der Waals surface area contributed by atoms with Crippen molar-refractivity contribution in [3.63, 3.8) is 0 Å². The fourth-order valence-electron chi connectivity index (χ4n) is 2.13. The quantitative estimate of drug-likeness (QED) is 0.764. The SMILES string of the molecule is NC1(C(=O)O)CCN(Cc2ccc(O)c(Cl)c2)C1. The first-order valence-electron chi connectivity index (χ1n) is 5.63. The number of carboxylic acid groups (broad SMARTS) is 1. The number of nitrogens with zero attached hydrogens (tertiary/aromatic N) is 1. The van der Waals surface area contributed by atoms with E-state index in [1.165, 1.54) is 6.07 Å². The zero-order valence-corrected chi connectivity index (χ0v) is 10.5. The van der Waals surface area contributed by atoms with Crippen LogP contribution in [0.15, 0.2) is 18.2 Å². The number of carboxylic acids is 1. The van der Waals surface area contributed by atoms with Crippen molar-refractivity contribution in [2.75, 3.05) is 13.1 Å². The minimum atomic E-state index is -1.15. The molecule has 1 aromatic rings. The number of phenolic OH excluding ortho intramolecular Hbond substituents is 1. The van der Waals surface area contributed by atoms with Crippen molar-refractivity contribution in [2.45, 2.75) is 18.5 Å². The van der Waals surface area contributed by atoms with Gasteiger partial charge in [0.05, 0.1) is 5.02 Å². The summed E-state index contributed by atoms with van der Waals surface area (Å²) in [7, 11) is 0. The average Bonchev–Trinajstić information content (AvgIpc) is 2.67. The number of phenols is 1. The van der Waals surface area contributed by atoms with E-state index in [0.717, 1.165) is 5.56 Å². The maximum absolute atomic E-state index is 11.0. The second-order valence-electron chi connectivity index (χ2n) is 4.71. The Kier molecular flexibility index (Phi) is 3.47. The first-order chi connectivity index (χ1) is 8.40. The Morgan fingerprint density at radius 1 is 1.56 bits per heavy atom. The van der Waals surface area contributed by atoms with Crippen molar-refractivity contribution in [3.8, 4) is 5.75 Å². The summed E-state index contributed by atoms with van der Waals surface area (Å²) in [6, 6.07) is 4.97. The molecule has 2 rings (SSSR count). The lowest BCUT2D eigenvalue weighted by Crippen LogP contribution is -2.50. The number of halogens is 1. The van der Waals surface area contributed by atoms with E-state index in [9.17, 15) is 9.90 Å². The third-order valence-corrected chi connectivity index (χ3v) is 3.53. The van der Waals surface area contributed by atoms with Crippen LogP contribution in [-0.2, 0) is 11.3 Å². The van der Waals surface area contributed by atoms with Crippen LogP contribution in [0.3, 0.4) is 0 Å². The van der Waals surface area contributed by atoms with Crippen LogP contribution in [-0.4, -0.2) is 39.7 Å². The third kappa shape index (κ3) is 2.58. The molecular formula is C12H15ClN2O3. The van der Waals surface area contributed by atoms with Crippen LogP contribution in [0.25, 0.3) is 0 Å². The number of aliphatic carboxylic acids is 1. The van der Waals surface area contributed by atoms with Gasteiger partial charge in [-0.15, -0.1) is 0 Å². The highest BCUT2D eigenvalue weighted by molar-refractivity contribution is 6.32. The Morgan fingerprint density at radius 3 is 2.83 bits per heavy atom. The maximum Gasteiger partial charge on any atom is 0.325 e. The maximum atomic E-state index is 11.0. The van der Waals surface area contributed by atoms with Gasteiger partial charge in [-0.3, -0.25) is 9.69 Å². The summed E-state index contributed by atoms with van der Waals surface area (Å²) in [6.07, 6.45) is 0.439. The summed E-state index contributed by atoms with van der Waals surface area (Å²) in [5, 5.41) is 18.6. The van der Waals surface area contributed by atoms with Crippen LogP contribution in [0.4, 0.5) is 0 Å². The van der Waals surface area contributed by atoms with Gasteiger partial charge in [0.1, 0.15) is 11.3 Å². The molecular weight excluding hydrogens is 256 g/mol. The van der Waals surface area contributed by atoms with Crippen molar-refractivity contribution in [1.29, 1.82) is 0 Å². The van der Waals surface area contributed by atoms with E-state index in [0.29, 0.717) is 31.1 Å². The lowest BCUT2D eigenvalue weighted by Gasteiger charge is -2.20. The number of nitrogens with two attached hydrogens (primary N) is 1. The van der Waals surface area contributed by atoms with Gasteiger partial charge in [-0.2, -0.15) is 0 Å². The smallest absolute Gasteiger partial charge is 0.325 e. The topological polar surface area (TPSA) is 86.8 Å². The number of rotatable bonds is 3. The Balaban J connectivity index is 2.03. The fraction of sp³-hybridized carbons (Fsp3) is 0.417. The zero-order chi connectivity index (χ0) is 13.3. The summed E-state index contributed by atoms with van der Waals surface area (Å²) in [6.45, 7) is 1.54. The number of hydrogen-bond acceptors (Lipinski definition) is 4. The molecule has 0 aromatic heterocycles. The molecule has 0 bridgehead atoms. The molecule has 1 saturated heterocycles.